The normalized spacial score (nSPS) is 21.8. The summed E-state index contributed by atoms with van der Waals surface area (Å²) in [4.78, 5) is 15.3. The number of benzene rings is 1. The molecule has 2 saturated heterocycles. The number of likely N-dealkylation sites (tertiary alicyclic amines) is 1. The Hall–Kier alpha value is -2.23. The SMILES string of the molecule is O=C(NCC(c1ccco1)N1CCCC1)C1CCCN(S(=O)(=O)c2ccc(F)cc2)C1. The highest BCUT2D eigenvalue weighted by atomic mass is 32.2. The predicted octanol–water partition coefficient (Wildman–Crippen LogP) is 2.77. The number of hydrogen-bond acceptors (Lipinski definition) is 5. The lowest BCUT2D eigenvalue weighted by Crippen LogP contribution is -2.46. The van der Waals surface area contributed by atoms with Crippen molar-refractivity contribution in [1.82, 2.24) is 14.5 Å². The molecule has 1 aromatic carbocycles. The Balaban J connectivity index is 1.39. The van der Waals surface area contributed by atoms with E-state index in [9.17, 15) is 17.6 Å². The molecule has 2 atom stereocenters. The van der Waals surface area contributed by atoms with Gasteiger partial charge < -0.3 is 9.73 Å². The Bertz CT molecular complexity index is 973. The van der Waals surface area contributed by atoms with E-state index >= 15 is 0 Å². The van der Waals surface area contributed by atoms with E-state index < -0.39 is 21.8 Å². The molecule has 2 aliphatic rings. The van der Waals surface area contributed by atoms with Crippen LogP contribution in [0.2, 0.25) is 0 Å². The third-order valence-electron chi connectivity index (χ3n) is 6.13. The minimum absolute atomic E-state index is 0.0240. The van der Waals surface area contributed by atoms with Crippen molar-refractivity contribution >= 4 is 15.9 Å². The molecule has 0 aliphatic carbocycles. The number of rotatable bonds is 7. The summed E-state index contributed by atoms with van der Waals surface area (Å²) in [5.41, 5.74) is 0. The summed E-state index contributed by atoms with van der Waals surface area (Å²) in [5, 5.41) is 3.03. The van der Waals surface area contributed by atoms with Gasteiger partial charge in [-0.3, -0.25) is 9.69 Å². The van der Waals surface area contributed by atoms with E-state index in [1.54, 1.807) is 6.26 Å². The molecule has 7 nitrogen and oxygen atoms in total. The monoisotopic (exact) mass is 449 g/mol. The van der Waals surface area contributed by atoms with Crippen molar-refractivity contribution in [2.75, 3.05) is 32.7 Å². The summed E-state index contributed by atoms with van der Waals surface area (Å²) in [6, 6.07) is 8.54. The van der Waals surface area contributed by atoms with Crippen molar-refractivity contribution in [3.63, 3.8) is 0 Å². The first-order valence-electron chi connectivity index (χ1n) is 10.8. The first-order chi connectivity index (χ1) is 14.9. The van der Waals surface area contributed by atoms with Crippen molar-refractivity contribution in [2.24, 2.45) is 5.92 Å². The van der Waals surface area contributed by atoms with Crippen LogP contribution in [0.4, 0.5) is 4.39 Å². The molecule has 3 heterocycles. The van der Waals surface area contributed by atoms with Gasteiger partial charge in [-0.05, 0) is 75.2 Å². The van der Waals surface area contributed by atoms with Crippen LogP contribution in [-0.4, -0.2) is 56.3 Å². The number of nitrogens with one attached hydrogen (secondary N) is 1. The third-order valence-corrected chi connectivity index (χ3v) is 8.01. The number of amides is 1. The Morgan fingerprint density at radius 2 is 1.87 bits per heavy atom. The van der Waals surface area contributed by atoms with Gasteiger partial charge in [0.15, 0.2) is 0 Å². The van der Waals surface area contributed by atoms with Crippen LogP contribution in [0.25, 0.3) is 0 Å². The number of nitrogens with zero attached hydrogens (tertiary/aromatic N) is 2. The van der Waals surface area contributed by atoms with Gasteiger partial charge in [-0.1, -0.05) is 0 Å². The minimum Gasteiger partial charge on any atom is -0.468 e. The van der Waals surface area contributed by atoms with Crippen LogP contribution in [0, 0.1) is 11.7 Å². The highest BCUT2D eigenvalue weighted by molar-refractivity contribution is 7.89. The topological polar surface area (TPSA) is 82.9 Å². The van der Waals surface area contributed by atoms with Gasteiger partial charge in [0, 0.05) is 19.6 Å². The van der Waals surface area contributed by atoms with E-state index in [1.807, 2.05) is 12.1 Å². The van der Waals surface area contributed by atoms with Crippen LogP contribution >= 0.6 is 0 Å². The van der Waals surface area contributed by atoms with Gasteiger partial charge in [0.2, 0.25) is 15.9 Å². The van der Waals surface area contributed by atoms with Crippen molar-refractivity contribution in [1.29, 1.82) is 0 Å². The summed E-state index contributed by atoms with van der Waals surface area (Å²) >= 11 is 0. The molecule has 0 saturated carbocycles. The van der Waals surface area contributed by atoms with E-state index in [0.29, 0.717) is 25.9 Å². The number of piperidine rings is 1. The zero-order chi connectivity index (χ0) is 21.8. The molecular weight excluding hydrogens is 421 g/mol. The molecule has 2 aromatic rings. The number of hydrogen-bond donors (Lipinski definition) is 1. The number of carbonyl (C=O) groups is 1. The Labute approximate surface area is 182 Å². The van der Waals surface area contributed by atoms with Gasteiger partial charge in [0.1, 0.15) is 11.6 Å². The van der Waals surface area contributed by atoms with E-state index in [4.69, 9.17) is 4.42 Å². The quantitative estimate of drug-likeness (QED) is 0.703. The molecule has 4 rings (SSSR count). The molecule has 1 aromatic heterocycles. The summed E-state index contributed by atoms with van der Waals surface area (Å²) < 4.78 is 45.9. The fraction of sp³-hybridized carbons (Fsp3) is 0.500. The van der Waals surface area contributed by atoms with E-state index in [1.165, 1.54) is 16.4 Å². The fourth-order valence-electron chi connectivity index (χ4n) is 4.42. The largest absolute Gasteiger partial charge is 0.468 e. The lowest BCUT2D eigenvalue weighted by Gasteiger charge is -2.32. The number of halogens is 1. The molecule has 2 unspecified atom stereocenters. The van der Waals surface area contributed by atoms with Gasteiger partial charge in [-0.15, -0.1) is 0 Å². The molecule has 2 fully saturated rings. The van der Waals surface area contributed by atoms with Crippen LogP contribution in [0.15, 0.2) is 52.0 Å². The first kappa shape index (κ1) is 22.0. The Morgan fingerprint density at radius 3 is 2.55 bits per heavy atom. The predicted molar refractivity (Wildman–Crippen MR) is 113 cm³/mol. The zero-order valence-corrected chi connectivity index (χ0v) is 18.2. The summed E-state index contributed by atoms with van der Waals surface area (Å²) in [7, 11) is -3.76. The average Bonchev–Trinajstić information content (AvgIpc) is 3.49. The summed E-state index contributed by atoms with van der Waals surface area (Å²) in [6.45, 7) is 2.84. The van der Waals surface area contributed by atoms with Crippen LogP contribution in [-0.2, 0) is 14.8 Å². The van der Waals surface area contributed by atoms with E-state index in [2.05, 4.69) is 10.2 Å². The fourth-order valence-corrected chi connectivity index (χ4v) is 5.94. The van der Waals surface area contributed by atoms with E-state index in [0.717, 1.165) is 43.8 Å². The lowest BCUT2D eigenvalue weighted by molar-refractivity contribution is -0.126. The van der Waals surface area contributed by atoms with Gasteiger partial charge in [-0.25, -0.2) is 12.8 Å². The summed E-state index contributed by atoms with van der Waals surface area (Å²) in [5.74, 6) is -0.222. The lowest BCUT2D eigenvalue weighted by atomic mass is 9.98. The van der Waals surface area contributed by atoms with Crippen molar-refractivity contribution in [3.8, 4) is 0 Å². The van der Waals surface area contributed by atoms with Gasteiger partial charge in [-0.2, -0.15) is 4.31 Å². The maximum absolute atomic E-state index is 13.2. The van der Waals surface area contributed by atoms with Crippen LogP contribution < -0.4 is 5.32 Å². The molecule has 168 valence electrons. The standard InChI is InChI=1S/C22H28FN3O4S/c23-18-7-9-19(10-8-18)31(28,29)26-13-3-5-17(16-26)22(27)24-15-20(21-6-4-14-30-21)25-11-1-2-12-25/h4,6-10,14,17,20H,1-3,5,11-13,15-16H2,(H,24,27). The van der Waals surface area contributed by atoms with Crippen LogP contribution in [0.3, 0.4) is 0 Å². The summed E-state index contributed by atoms with van der Waals surface area (Å²) in [6.07, 6.45) is 5.14. The molecule has 1 amide bonds. The van der Waals surface area contributed by atoms with Gasteiger partial charge in [0.05, 0.1) is 23.1 Å². The van der Waals surface area contributed by atoms with Crippen LogP contribution in [0.5, 0.6) is 0 Å². The van der Waals surface area contributed by atoms with Gasteiger partial charge in [0.25, 0.3) is 0 Å². The Morgan fingerprint density at radius 1 is 1.13 bits per heavy atom. The molecule has 2 aliphatic heterocycles. The van der Waals surface area contributed by atoms with Gasteiger partial charge >= 0.3 is 0 Å². The van der Waals surface area contributed by atoms with Crippen molar-refractivity contribution in [2.45, 2.75) is 36.6 Å². The Kier molecular flexibility index (Phi) is 6.74. The average molecular weight is 450 g/mol. The molecule has 1 N–H and O–H groups in total. The highest BCUT2D eigenvalue weighted by Crippen LogP contribution is 2.27. The first-order valence-corrected chi connectivity index (χ1v) is 12.2. The number of furan rings is 1. The second-order valence-electron chi connectivity index (χ2n) is 8.18. The maximum Gasteiger partial charge on any atom is 0.243 e. The smallest absolute Gasteiger partial charge is 0.243 e. The number of carbonyl (C=O) groups excluding carboxylic acids is 1. The second kappa shape index (κ2) is 9.50. The van der Waals surface area contributed by atoms with E-state index in [-0.39, 0.29) is 23.4 Å². The maximum atomic E-state index is 13.2. The molecular formula is C22H28FN3O4S. The van der Waals surface area contributed by atoms with Crippen LogP contribution in [0.1, 0.15) is 37.5 Å². The zero-order valence-electron chi connectivity index (χ0n) is 17.4. The number of sulfonamides is 1. The minimum atomic E-state index is -3.76. The highest BCUT2D eigenvalue weighted by Gasteiger charge is 2.34. The van der Waals surface area contributed by atoms with Crippen molar-refractivity contribution in [3.05, 3.63) is 54.2 Å². The second-order valence-corrected chi connectivity index (χ2v) is 10.1. The third kappa shape index (κ3) is 4.99. The molecule has 0 bridgehead atoms. The molecule has 9 heteroatoms. The molecule has 0 radical (unpaired) electrons. The molecule has 0 spiro atoms. The molecule has 31 heavy (non-hydrogen) atoms. The van der Waals surface area contributed by atoms with Crippen molar-refractivity contribution < 1.29 is 22.0 Å².